The molecule has 33 heavy (non-hydrogen) atoms. The quantitative estimate of drug-likeness (QED) is 0.501. The predicted molar refractivity (Wildman–Crippen MR) is 115 cm³/mol. The number of hydrogen-bond acceptors (Lipinski definition) is 5. The Hall–Kier alpha value is -3.69. The molecule has 3 aromatic rings. The number of aromatic nitrogens is 2. The first kappa shape index (κ1) is 24.0. The summed E-state index contributed by atoms with van der Waals surface area (Å²) in [6.07, 6.45) is -2.28. The summed E-state index contributed by atoms with van der Waals surface area (Å²) in [5.74, 6) is 0.742. The molecule has 10 heteroatoms. The number of rotatable bonds is 9. The second-order valence-corrected chi connectivity index (χ2v) is 7.06. The number of amides is 1. The average Bonchev–Trinajstić information content (AvgIpc) is 3.25. The first-order chi connectivity index (χ1) is 15.8. The Balaban J connectivity index is 1.77. The second kappa shape index (κ2) is 10.3. The van der Waals surface area contributed by atoms with Crippen molar-refractivity contribution in [2.75, 3.05) is 20.8 Å². The third kappa shape index (κ3) is 5.76. The average molecular weight is 463 g/mol. The van der Waals surface area contributed by atoms with E-state index in [4.69, 9.17) is 14.2 Å². The zero-order chi connectivity index (χ0) is 24.0. The van der Waals surface area contributed by atoms with Crippen LogP contribution in [0.5, 0.6) is 17.2 Å². The summed E-state index contributed by atoms with van der Waals surface area (Å²) in [5.41, 5.74) is 0.0421. The Morgan fingerprint density at radius 3 is 2.48 bits per heavy atom. The molecule has 1 N–H and O–H groups in total. The van der Waals surface area contributed by atoms with Gasteiger partial charge in [0.25, 0.3) is 5.91 Å². The van der Waals surface area contributed by atoms with Gasteiger partial charge in [0.15, 0.2) is 22.9 Å². The maximum absolute atomic E-state index is 13.0. The molecular weight excluding hydrogens is 439 g/mol. The first-order valence-electron chi connectivity index (χ1n) is 10.2. The van der Waals surface area contributed by atoms with Crippen molar-refractivity contribution in [3.63, 3.8) is 0 Å². The van der Waals surface area contributed by atoms with Crippen LogP contribution in [0.1, 0.15) is 35.0 Å². The number of halogens is 3. The smallest absolute Gasteiger partial charge is 0.416 e. The lowest BCUT2D eigenvalue weighted by Crippen LogP contribution is -2.24. The summed E-state index contributed by atoms with van der Waals surface area (Å²) in [4.78, 5) is 12.7. The van der Waals surface area contributed by atoms with Gasteiger partial charge in [-0.2, -0.15) is 18.3 Å². The van der Waals surface area contributed by atoms with Crippen LogP contribution < -0.4 is 19.5 Å². The van der Waals surface area contributed by atoms with E-state index in [9.17, 15) is 18.0 Å². The Morgan fingerprint density at radius 2 is 1.82 bits per heavy atom. The van der Waals surface area contributed by atoms with E-state index in [0.717, 1.165) is 24.1 Å². The fourth-order valence-electron chi connectivity index (χ4n) is 3.04. The fourth-order valence-corrected chi connectivity index (χ4v) is 3.04. The van der Waals surface area contributed by atoms with Crippen LogP contribution in [0.2, 0.25) is 0 Å². The van der Waals surface area contributed by atoms with Crippen LogP contribution in [0.4, 0.5) is 13.2 Å². The minimum absolute atomic E-state index is 0.0511. The molecule has 0 saturated carbocycles. The van der Waals surface area contributed by atoms with Crippen LogP contribution in [-0.4, -0.2) is 36.5 Å². The van der Waals surface area contributed by atoms with Crippen molar-refractivity contribution >= 4 is 5.91 Å². The molecule has 0 saturated heterocycles. The highest BCUT2D eigenvalue weighted by Gasteiger charge is 2.30. The number of carbonyl (C=O) groups excluding carboxylic acids is 1. The molecule has 1 heterocycles. The normalized spacial score (nSPS) is 11.2. The molecule has 0 spiro atoms. The monoisotopic (exact) mass is 463 g/mol. The van der Waals surface area contributed by atoms with Crippen LogP contribution in [-0.2, 0) is 12.7 Å². The molecule has 3 rings (SSSR count). The summed E-state index contributed by atoms with van der Waals surface area (Å²) >= 11 is 0. The maximum Gasteiger partial charge on any atom is 0.416 e. The summed E-state index contributed by atoms with van der Waals surface area (Å²) < 4.78 is 56.4. The van der Waals surface area contributed by atoms with Gasteiger partial charge in [-0.05, 0) is 42.3 Å². The minimum atomic E-state index is -4.49. The topological polar surface area (TPSA) is 74.6 Å². The van der Waals surface area contributed by atoms with Gasteiger partial charge in [0.05, 0.1) is 38.3 Å². The molecule has 0 aliphatic carbocycles. The molecule has 0 aliphatic rings. The molecule has 0 bridgehead atoms. The summed E-state index contributed by atoms with van der Waals surface area (Å²) in [5, 5.41) is 6.87. The summed E-state index contributed by atoms with van der Waals surface area (Å²) in [6.45, 7) is 2.72. The van der Waals surface area contributed by atoms with Crippen molar-refractivity contribution in [1.82, 2.24) is 15.1 Å². The third-order valence-electron chi connectivity index (χ3n) is 4.70. The predicted octanol–water partition coefficient (Wildman–Crippen LogP) is 4.63. The van der Waals surface area contributed by atoms with E-state index in [1.807, 2.05) is 6.92 Å². The zero-order valence-electron chi connectivity index (χ0n) is 18.4. The molecular formula is C23H24F3N3O4. The highest BCUT2D eigenvalue weighted by atomic mass is 19.4. The Bertz CT molecular complexity index is 1110. The number of alkyl halides is 3. The molecule has 0 radical (unpaired) electrons. The Labute approximate surface area is 189 Å². The van der Waals surface area contributed by atoms with E-state index in [-0.39, 0.29) is 23.7 Å². The first-order valence-corrected chi connectivity index (χ1v) is 10.2. The van der Waals surface area contributed by atoms with E-state index in [1.54, 1.807) is 18.2 Å². The van der Waals surface area contributed by atoms with E-state index in [2.05, 4.69) is 10.4 Å². The van der Waals surface area contributed by atoms with Crippen LogP contribution in [0, 0.1) is 0 Å². The number of ether oxygens (including phenoxy) is 3. The number of methoxy groups -OCH3 is 2. The van der Waals surface area contributed by atoms with Crippen molar-refractivity contribution < 1.29 is 32.2 Å². The van der Waals surface area contributed by atoms with Crippen molar-refractivity contribution in [1.29, 1.82) is 0 Å². The van der Waals surface area contributed by atoms with Crippen molar-refractivity contribution in [3.05, 3.63) is 65.5 Å². The zero-order valence-corrected chi connectivity index (χ0v) is 18.4. The second-order valence-electron chi connectivity index (χ2n) is 7.06. The van der Waals surface area contributed by atoms with E-state index in [0.29, 0.717) is 18.1 Å². The van der Waals surface area contributed by atoms with Gasteiger partial charge in [-0.25, -0.2) is 4.68 Å². The van der Waals surface area contributed by atoms with Crippen molar-refractivity contribution in [2.45, 2.75) is 26.1 Å². The number of nitrogens with zero attached hydrogens (tertiary/aromatic N) is 2. The van der Waals surface area contributed by atoms with E-state index in [1.165, 1.54) is 37.2 Å². The summed E-state index contributed by atoms with van der Waals surface area (Å²) in [7, 11) is 2.88. The number of nitrogens with one attached hydrogen (secondary N) is 1. The highest BCUT2D eigenvalue weighted by molar-refractivity contribution is 5.94. The lowest BCUT2D eigenvalue weighted by molar-refractivity contribution is -0.137. The number of hydrogen-bond donors (Lipinski definition) is 1. The van der Waals surface area contributed by atoms with Gasteiger partial charge in [-0.15, -0.1) is 0 Å². The van der Waals surface area contributed by atoms with Crippen molar-refractivity contribution in [3.8, 4) is 22.9 Å². The SMILES string of the molecule is CCCOc1ccc(CNC(=O)c2nn(-c3cccc(C(F)(F)F)c3)cc2OC)cc1OC. The fraction of sp³-hybridized carbons (Fsp3) is 0.304. The van der Waals surface area contributed by atoms with Gasteiger partial charge >= 0.3 is 6.18 Å². The summed E-state index contributed by atoms with van der Waals surface area (Å²) in [6, 6.07) is 9.95. The van der Waals surface area contributed by atoms with Gasteiger partial charge in [-0.1, -0.05) is 19.1 Å². The molecule has 0 fully saturated rings. The molecule has 0 atom stereocenters. The lowest BCUT2D eigenvalue weighted by atomic mass is 10.2. The number of benzene rings is 2. The maximum atomic E-state index is 13.0. The molecule has 1 amide bonds. The third-order valence-corrected chi connectivity index (χ3v) is 4.70. The molecule has 176 valence electrons. The van der Waals surface area contributed by atoms with Crippen LogP contribution in [0.15, 0.2) is 48.7 Å². The van der Waals surface area contributed by atoms with Crippen molar-refractivity contribution in [2.24, 2.45) is 0 Å². The van der Waals surface area contributed by atoms with Crippen LogP contribution in [0.3, 0.4) is 0 Å². The standard InChI is InChI=1S/C23H24F3N3O4/c1-4-10-33-18-9-8-15(11-19(18)31-2)13-27-22(30)21-20(32-3)14-29(28-21)17-7-5-6-16(12-17)23(24,25)26/h5-9,11-12,14H,4,10,13H2,1-3H3,(H,27,30). The van der Waals surface area contributed by atoms with Gasteiger partial charge in [0, 0.05) is 6.54 Å². The number of carbonyl (C=O) groups is 1. The largest absolute Gasteiger partial charge is 0.493 e. The Kier molecular flexibility index (Phi) is 7.47. The van der Waals surface area contributed by atoms with Crippen LogP contribution >= 0.6 is 0 Å². The van der Waals surface area contributed by atoms with Gasteiger partial charge in [-0.3, -0.25) is 4.79 Å². The highest BCUT2D eigenvalue weighted by Crippen LogP contribution is 2.31. The lowest BCUT2D eigenvalue weighted by Gasteiger charge is -2.12. The molecule has 1 aromatic heterocycles. The molecule has 0 aliphatic heterocycles. The molecule has 2 aromatic carbocycles. The van der Waals surface area contributed by atoms with Crippen LogP contribution in [0.25, 0.3) is 5.69 Å². The minimum Gasteiger partial charge on any atom is -0.493 e. The van der Waals surface area contributed by atoms with Gasteiger partial charge in [0.2, 0.25) is 0 Å². The molecule has 0 unspecified atom stereocenters. The van der Waals surface area contributed by atoms with E-state index >= 15 is 0 Å². The Morgan fingerprint density at radius 1 is 1.06 bits per heavy atom. The van der Waals surface area contributed by atoms with Gasteiger partial charge < -0.3 is 19.5 Å². The van der Waals surface area contributed by atoms with E-state index < -0.39 is 17.6 Å². The van der Waals surface area contributed by atoms with Gasteiger partial charge in [0.1, 0.15) is 0 Å². The molecule has 7 nitrogen and oxygen atoms in total.